The van der Waals surface area contributed by atoms with Gasteiger partial charge < -0.3 is 19.7 Å². The molecule has 1 saturated heterocycles. The molecule has 1 N–H and O–H groups in total. The molecule has 1 aliphatic heterocycles. The summed E-state index contributed by atoms with van der Waals surface area (Å²) < 4.78 is 11.4. The lowest BCUT2D eigenvalue weighted by molar-refractivity contribution is -0.0277. The van der Waals surface area contributed by atoms with Crippen molar-refractivity contribution in [3.8, 4) is 5.75 Å². The third kappa shape index (κ3) is 3.82. The van der Waals surface area contributed by atoms with Crippen molar-refractivity contribution in [3.05, 3.63) is 34.8 Å². The van der Waals surface area contributed by atoms with Gasteiger partial charge in [0.05, 0.1) is 31.0 Å². The van der Waals surface area contributed by atoms with E-state index in [-0.39, 0.29) is 11.6 Å². The minimum Gasteiger partial charge on any atom is -0.495 e. The number of morpholine rings is 1. The monoisotopic (exact) mass is 347 g/mol. The van der Waals surface area contributed by atoms with E-state index in [0.717, 1.165) is 41.8 Å². The zero-order chi connectivity index (χ0) is 17.2. The van der Waals surface area contributed by atoms with Gasteiger partial charge in [-0.05, 0) is 32.9 Å². The number of hydrogen-bond donors (Lipinski definition) is 1. The molecule has 0 aliphatic carbocycles. The van der Waals surface area contributed by atoms with Crippen molar-refractivity contribution in [2.75, 3.05) is 37.0 Å². The third-order valence-electron chi connectivity index (χ3n) is 4.17. The van der Waals surface area contributed by atoms with Crippen LogP contribution in [0.1, 0.15) is 31.8 Å². The molecule has 130 valence electrons. The minimum atomic E-state index is -0.123. The highest BCUT2D eigenvalue weighted by Gasteiger charge is 2.27. The Morgan fingerprint density at radius 1 is 1.42 bits per heavy atom. The van der Waals surface area contributed by atoms with Gasteiger partial charge in [-0.15, -0.1) is 11.3 Å². The Morgan fingerprint density at radius 3 is 2.92 bits per heavy atom. The zero-order valence-electron chi connectivity index (χ0n) is 14.7. The summed E-state index contributed by atoms with van der Waals surface area (Å²) in [6.07, 6.45) is 1.83. The van der Waals surface area contributed by atoms with Gasteiger partial charge in [0.1, 0.15) is 10.8 Å². The van der Waals surface area contributed by atoms with Crippen LogP contribution in [0.15, 0.2) is 29.8 Å². The van der Waals surface area contributed by atoms with Crippen molar-refractivity contribution in [2.45, 2.75) is 32.4 Å². The van der Waals surface area contributed by atoms with Crippen LogP contribution in [0.25, 0.3) is 0 Å². The summed E-state index contributed by atoms with van der Waals surface area (Å²) >= 11 is 1.65. The number of benzene rings is 1. The first-order valence-corrected chi connectivity index (χ1v) is 9.09. The maximum atomic E-state index is 5.80. The number of thiazole rings is 1. The first-order valence-electron chi connectivity index (χ1n) is 8.21. The van der Waals surface area contributed by atoms with E-state index in [9.17, 15) is 0 Å². The normalized spacial score (nSPS) is 18.2. The number of nitrogens with one attached hydrogen (secondary N) is 1. The zero-order valence-corrected chi connectivity index (χ0v) is 15.5. The predicted octanol–water partition coefficient (Wildman–Crippen LogP) is 3.94. The molecule has 0 spiro atoms. The summed E-state index contributed by atoms with van der Waals surface area (Å²) in [5.74, 6) is 0.847. The third-order valence-corrected chi connectivity index (χ3v) is 5.13. The van der Waals surface area contributed by atoms with Gasteiger partial charge in [-0.3, -0.25) is 0 Å². The SMILES string of the molecule is COc1cc(N2CCOC(C)(C)C2)ccc1N[C@H](C)c1nccs1. The fourth-order valence-corrected chi connectivity index (χ4v) is 3.62. The van der Waals surface area contributed by atoms with Crippen LogP contribution in [0.5, 0.6) is 5.75 Å². The Bertz CT molecular complexity index is 673. The Hall–Kier alpha value is -1.79. The quantitative estimate of drug-likeness (QED) is 0.888. The van der Waals surface area contributed by atoms with Gasteiger partial charge in [0.2, 0.25) is 0 Å². The van der Waals surface area contributed by atoms with Crippen LogP contribution >= 0.6 is 11.3 Å². The number of anilines is 2. The number of nitrogens with zero attached hydrogens (tertiary/aromatic N) is 2. The summed E-state index contributed by atoms with van der Waals surface area (Å²) in [4.78, 5) is 6.72. The van der Waals surface area contributed by atoms with Crippen molar-refractivity contribution >= 4 is 22.7 Å². The number of rotatable bonds is 5. The molecule has 5 nitrogen and oxygen atoms in total. The number of aromatic nitrogens is 1. The summed E-state index contributed by atoms with van der Waals surface area (Å²) in [5.41, 5.74) is 2.02. The van der Waals surface area contributed by atoms with Gasteiger partial charge in [-0.25, -0.2) is 4.98 Å². The first-order chi connectivity index (χ1) is 11.5. The van der Waals surface area contributed by atoms with Crippen LogP contribution in [-0.4, -0.2) is 37.4 Å². The summed E-state index contributed by atoms with van der Waals surface area (Å²) in [6.45, 7) is 8.88. The van der Waals surface area contributed by atoms with Crippen molar-refractivity contribution < 1.29 is 9.47 Å². The lowest BCUT2D eigenvalue weighted by Gasteiger charge is -2.39. The van der Waals surface area contributed by atoms with E-state index < -0.39 is 0 Å². The van der Waals surface area contributed by atoms with Gasteiger partial charge in [0.25, 0.3) is 0 Å². The topological polar surface area (TPSA) is 46.6 Å². The van der Waals surface area contributed by atoms with Crippen LogP contribution in [0.4, 0.5) is 11.4 Å². The molecule has 0 unspecified atom stereocenters. The fraction of sp³-hybridized carbons (Fsp3) is 0.500. The summed E-state index contributed by atoms with van der Waals surface area (Å²) in [5, 5.41) is 6.55. The van der Waals surface area contributed by atoms with Crippen LogP contribution in [0, 0.1) is 0 Å². The minimum absolute atomic E-state index is 0.123. The van der Waals surface area contributed by atoms with Crippen molar-refractivity contribution in [2.24, 2.45) is 0 Å². The maximum Gasteiger partial charge on any atom is 0.144 e. The molecular weight excluding hydrogens is 322 g/mol. The molecule has 1 atom stereocenters. The van der Waals surface area contributed by atoms with Crippen molar-refractivity contribution in [1.29, 1.82) is 0 Å². The Labute approximate surface area is 147 Å². The fourth-order valence-electron chi connectivity index (χ4n) is 2.98. The molecule has 24 heavy (non-hydrogen) atoms. The Kier molecular flexibility index (Phi) is 4.96. The molecule has 1 aliphatic rings. The Balaban J connectivity index is 1.78. The first kappa shape index (κ1) is 17.0. The van der Waals surface area contributed by atoms with Gasteiger partial charge >= 0.3 is 0 Å². The second kappa shape index (κ2) is 6.99. The molecule has 0 amide bonds. The Morgan fingerprint density at radius 2 is 2.25 bits per heavy atom. The van der Waals surface area contributed by atoms with E-state index in [4.69, 9.17) is 9.47 Å². The molecule has 0 radical (unpaired) electrons. The smallest absolute Gasteiger partial charge is 0.144 e. The van der Waals surface area contributed by atoms with Gasteiger partial charge in [-0.1, -0.05) is 0 Å². The van der Waals surface area contributed by atoms with Crippen molar-refractivity contribution in [1.82, 2.24) is 4.98 Å². The largest absolute Gasteiger partial charge is 0.495 e. The van der Waals surface area contributed by atoms with E-state index in [1.807, 2.05) is 11.6 Å². The highest BCUT2D eigenvalue weighted by molar-refractivity contribution is 7.09. The van der Waals surface area contributed by atoms with Crippen LogP contribution < -0.4 is 15.0 Å². The molecule has 6 heteroatoms. The molecule has 0 saturated carbocycles. The van der Waals surface area contributed by atoms with Gasteiger partial charge in [0, 0.05) is 36.4 Å². The molecule has 2 aromatic rings. The highest BCUT2D eigenvalue weighted by Crippen LogP contribution is 2.34. The van der Waals surface area contributed by atoms with E-state index >= 15 is 0 Å². The number of ether oxygens (including phenoxy) is 2. The summed E-state index contributed by atoms with van der Waals surface area (Å²) in [6, 6.07) is 6.46. The van der Waals surface area contributed by atoms with Crippen LogP contribution in [0.2, 0.25) is 0 Å². The predicted molar refractivity (Wildman–Crippen MR) is 99.4 cm³/mol. The van der Waals surface area contributed by atoms with Crippen molar-refractivity contribution in [3.63, 3.8) is 0 Å². The summed E-state index contributed by atoms with van der Waals surface area (Å²) in [7, 11) is 1.71. The highest BCUT2D eigenvalue weighted by atomic mass is 32.1. The number of methoxy groups -OCH3 is 1. The second-order valence-electron chi connectivity index (χ2n) is 6.65. The van der Waals surface area contributed by atoms with E-state index in [0.29, 0.717) is 0 Å². The van der Waals surface area contributed by atoms with E-state index in [1.54, 1.807) is 18.4 Å². The second-order valence-corrected chi connectivity index (χ2v) is 7.58. The lowest BCUT2D eigenvalue weighted by atomic mass is 10.1. The molecule has 1 fully saturated rings. The average molecular weight is 347 g/mol. The van der Waals surface area contributed by atoms with Gasteiger partial charge in [-0.2, -0.15) is 0 Å². The molecular formula is C18H25N3O2S. The van der Waals surface area contributed by atoms with Crippen LogP contribution in [-0.2, 0) is 4.74 Å². The molecule has 1 aromatic heterocycles. The molecule has 1 aromatic carbocycles. The molecule has 2 heterocycles. The lowest BCUT2D eigenvalue weighted by Crippen LogP contribution is -2.48. The van der Waals surface area contributed by atoms with Crippen LogP contribution in [0.3, 0.4) is 0 Å². The van der Waals surface area contributed by atoms with E-state index in [2.05, 4.69) is 54.2 Å². The molecule has 3 rings (SSSR count). The van der Waals surface area contributed by atoms with Gasteiger partial charge in [0.15, 0.2) is 0 Å². The standard InChI is InChI=1S/C18H25N3O2S/c1-13(17-19-7-10-24-17)20-15-6-5-14(11-16(15)22-4)21-8-9-23-18(2,3)12-21/h5-7,10-11,13,20H,8-9,12H2,1-4H3/t13-/m1/s1. The average Bonchev–Trinajstić information content (AvgIpc) is 3.09. The number of hydrogen-bond acceptors (Lipinski definition) is 6. The van der Waals surface area contributed by atoms with E-state index in [1.165, 1.54) is 0 Å². The maximum absolute atomic E-state index is 5.80. The molecule has 0 bridgehead atoms.